The average molecular weight is 409 g/mol. The van der Waals surface area contributed by atoms with Crippen molar-refractivity contribution < 1.29 is 14.0 Å². The largest absolute Gasteiger partial charge is 0.368 e. The van der Waals surface area contributed by atoms with Crippen molar-refractivity contribution in [2.75, 3.05) is 41.7 Å². The zero-order chi connectivity index (χ0) is 20.9. The number of hydrogen-bond donors (Lipinski definition) is 3. The summed E-state index contributed by atoms with van der Waals surface area (Å²) in [6.07, 6.45) is 1.30. The van der Waals surface area contributed by atoms with Gasteiger partial charge in [-0.15, -0.1) is 0 Å². The fraction of sp³-hybridized carbons (Fsp3) is 0.200. The van der Waals surface area contributed by atoms with Gasteiger partial charge in [0.2, 0.25) is 5.95 Å². The number of rotatable bonds is 4. The van der Waals surface area contributed by atoms with E-state index in [9.17, 15) is 14.0 Å². The Balaban J connectivity index is 1.29. The first kappa shape index (κ1) is 19.4. The van der Waals surface area contributed by atoms with Gasteiger partial charge in [-0.1, -0.05) is 0 Å². The van der Waals surface area contributed by atoms with Crippen LogP contribution in [0, 0.1) is 5.82 Å². The Morgan fingerprint density at radius 3 is 2.27 bits per heavy atom. The van der Waals surface area contributed by atoms with E-state index in [2.05, 4.69) is 30.7 Å². The highest BCUT2D eigenvalue weighted by Gasteiger charge is 2.21. The summed E-state index contributed by atoms with van der Waals surface area (Å²) in [5, 5.41) is 11.6. The molecule has 4 rings (SSSR count). The number of aromatic amines is 1. The van der Waals surface area contributed by atoms with Crippen molar-refractivity contribution in [1.29, 1.82) is 0 Å². The molecule has 1 aromatic heterocycles. The number of H-pyrrole nitrogens is 1. The first-order chi connectivity index (χ1) is 14.6. The fourth-order valence-corrected chi connectivity index (χ4v) is 3.17. The number of amides is 3. The van der Waals surface area contributed by atoms with Gasteiger partial charge in [0.25, 0.3) is 5.91 Å². The third-order valence-corrected chi connectivity index (χ3v) is 4.80. The van der Waals surface area contributed by atoms with Crippen LogP contribution < -0.4 is 15.5 Å². The summed E-state index contributed by atoms with van der Waals surface area (Å²) in [5.74, 6) is -0.336. The van der Waals surface area contributed by atoms with Crippen molar-refractivity contribution in [3.8, 4) is 0 Å². The quantitative estimate of drug-likeness (QED) is 0.614. The van der Waals surface area contributed by atoms with Gasteiger partial charge in [0, 0.05) is 43.1 Å². The Morgan fingerprint density at radius 1 is 0.933 bits per heavy atom. The minimum atomic E-state index is -0.332. The van der Waals surface area contributed by atoms with Gasteiger partial charge in [0.1, 0.15) is 12.1 Å². The second-order valence-electron chi connectivity index (χ2n) is 6.75. The molecule has 3 N–H and O–H groups in total. The maximum atomic E-state index is 13.1. The second-order valence-corrected chi connectivity index (χ2v) is 6.75. The Kier molecular flexibility index (Phi) is 5.55. The molecule has 3 amide bonds. The molecule has 2 heterocycles. The minimum Gasteiger partial charge on any atom is -0.368 e. The van der Waals surface area contributed by atoms with Gasteiger partial charge in [0.15, 0.2) is 0 Å². The molecule has 1 fully saturated rings. The van der Waals surface area contributed by atoms with E-state index < -0.39 is 0 Å². The van der Waals surface area contributed by atoms with E-state index in [0.717, 1.165) is 5.69 Å². The average Bonchev–Trinajstić information content (AvgIpc) is 3.28. The Labute approximate surface area is 171 Å². The summed E-state index contributed by atoms with van der Waals surface area (Å²) in [7, 11) is 0. The fourth-order valence-electron chi connectivity index (χ4n) is 3.17. The Morgan fingerprint density at radius 2 is 1.63 bits per heavy atom. The number of aromatic nitrogens is 3. The smallest absolute Gasteiger partial charge is 0.321 e. The SMILES string of the molecule is O=C(Nc1ncn[nH]1)c1ccc(NC(=O)N2CCN(c3ccc(F)cc3)CC2)cc1. The van der Waals surface area contributed by atoms with Crippen LogP contribution >= 0.6 is 0 Å². The van der Waals surface area contributed by atoms with Crippen molar-refractivity contribution in [3.05, 3.63) is 66.2 Å². The molecule has 10 heteroatoms. The molecule has 0 aliphatic carbocycles. The second kappa shape index (κ2) is 8.60. The molecule has 154 valence electrons. The van der Waals surface area contributed by atoms with Gasteiger partial charge >= 0.3 is 6.03 Å². The van der Waals surface area contributed by atoms with Gasteiger partial charge in [0.05, 0.1) is 0 Å². The summed E-state index contributed by atoms with van der Waals surface area (Å²) >= 11 is 0. The summed E-state index contributed by atoms with van der Waals surface area (Å²) in [5.41, 5.74) is 1.96. The Bertz CT molecular complexity index is 999. The zero-order valence-electron chi connectivity index (χ0n) is 16.0. The third kappa shape index (κ3) is 4.54. The van der Waals surface area contributed by atoms with E-state index in [4.69, 9.17) is 0 Å². The Hall–Kier alpha value is -3.95. The van der Waals surface area contributed by atoms with Crippen molar-refractivity contribution >= 4 is 29.3 Å². The number of benzene rings is 2. The van der Waals surface area contributed by atoms with Crippen molar-refractivity contribution in [2.24, 2.45) is 0 Å². The van der Waals surface area contributed by atoms with Crippen molar-refractivity contribution in [2.45, 2.75) is 0 Å². The number of anilines is 3. The molecule has 1 aliphatic rings. The van der Waals surface area contributed by atoms with Crippen molar-refractivity contribution in [1.82, 2.24) is 20.1 Å². The maximum absolute atomic E-state index is 13.1. The van der Waals surface area contributed by atoms with E-state index in [-0.39, 0.29) is 23.7 Å². The van der Waals surface area contributed by atoms with Crippen LogP contribution in [0.5, 0.6) is 0 Å². The van der Waals surface area contributed by atoms with Crippen LogP contribution in [0.15, 0.2) is 54.9 Å². The van der Waals surface area contributed by atoms with E-state index in [0.29, 0.717) is 37.4 Å². The van der Waals surface area contributed by atoms with Crippen LogP contribution in [0.2, 0.25) is 0 Å². The standard InChI is InChI=1S/C20H20FN7O2/c21-15-3-7-17(8-4-15)27-9-11-28(12-10-27)20(30)24-16-5-1-14(2-6-16)18(29)25-19-22-13-23-26-19/h1-8,13H,9-12H2,(H,24,30)(H2,22,23,25,26,29). The van der Waals surface area contributed by atoms with Gasteiger partial charge in [-0.05, 0) is 48.5 Å². The molecule has 0 unspecified atom stereocenters. The number of nitrogens with one attached hydrogen (secondary N) is 3. The van der Waals surface area contributed by atoms with Gasteiger partial charge in [-0.2, -0.15) is 10.1 Å². The highest BCUT2D eigenvalue weighted by Crippen LogP contribution is 2.18. The lowest BCUT2D eigenvalue weighted by Gasteiger charge is -2.36. The molecular formula is C20H20FN7O2. The summed E-state index contributed by atoms with van der Waals surface area (Å²) in [4.78, 5) is 32.4. The summed E-state index contributed by atoms with van der Waals surface area (Å²) in [6.45, 7) is 2.45. The van der Waals surface area contributed by atoms with Crippen LogP contribution in [0.25, 0.3) is 0 Å². The van der Waals surface area contributed by atoms with Gasteiger partial charge < -0.3 is 15.1 Å². The van der Waals surface area contributed by atoms with E-state index in [1.807, 2.05) is 0 Å². The number of hydrogen-bond acceptors (Lipinski definition) is 5. The number of carbonyl (C=O) groups is 2. The lowest BCUT2D eigenvalue weighted by molar-refractivity contribution is 0.102. The molecule has 2 aromatic carbocycles. The molecule has 1 saturated heterocycles. The van der Waals surface area contributed by atoms with E-state index in [1.165, 1.54) is 18.5 Å². The van der Waals surface area contributed by atoms with Crippen LogP contribution in [0.4, 0.5) is 26.5 Å². The monoisotopic (exact) mass is 409 g/mol. The molecule has 0 saturated carbocycles. The van der Waals surface area contributed by atoms with Gasteiger partial charge in [-0.3, -0.25) is 10.1 Å². The van der Waals surface area contributed by atoms with Crippen LogP contribution in [-0.4, -0.2) is 58.2 Å². The number of halogens is 1. The summed E-state index contributed by atoms with van der Waals surface area (Å²) in [6, 6.07) is 12.7. The maximum Gasteiger partial charge on any atom is 0.321 e. The van der Waals surface area contributed by atoms with Crippen LogP contribution in [0.1, 0.15) is 10.4 Å². The van der Waals surface area contributed by atoms with Crippen molar-refractivity contribution in [3.63, 3.8) is 0 Å². The molecule has 0 spiro atoms. The first-order valence-electron chi connectivity index (χ1n) is 9.42. The minimum absolute atomic E-state index is 0.201. The number of nitrogens with zero attached hydrogens (tertiary/aromatic N) is 4. The molecule has 3 aromatic rings. The first-order valence-corrected chi connectivity index (χ1v) is 9.42. The highest BCUT2D eigenvalue weighted by molar-refractivity contribution is 6.03. The lowest BCUT2D eigenvalue weighted by atomic mass is 10.2. The van der Waals surface area contributed by atoms with E-state index in [1.54, 1.807) is 41.3 Å². The predicted octanol–water partition coefficient (Wildman–Crippen LogP) is 2.55. The molecule has 30 heavy (non-hydrogen) atoms. The predicted molar refractivity (Wildman–Crippen MR) is 110 cm³/mol. The lowest BCUT2D eigenvalue weighted by Crippen LogP contribution is -2.50. The topological polar surface area (TPSA) is 106 Å². The zero-order valence-corrected chi connectivity index (χ0v) is 16.0. The van der Waals surface area contributed by atoms with Crippen LogP contribution in [0.3, 0.4) is 0 Å². The number of carbonyl (C=O) groups excluding carboxylic acids is 2. The third-order valence-electron chi connectivity index (χ3n) is 4.80. The van der Waals surface area contributed by atoms with E-state index >= 15 is 0 Å². The molecule has 1 aliphatic heterocycles. The van der Waals surface area contributed by atoms with Crippen LogP contribution in [-0.2, 0) is 0 Å². The highest BCUT2D eigenvalue weighted by atomic mass is 19.1. The molecule has 0 bridgehead atoms. The molecular weight excluding hydrogens is 389 g/mol. The number of piperazine rings is 1. The molecule has 9 nitrogen and oxygen atoms in total. The summed E-state index contributed by atoms with van der Waals surface area (Å²) < 4.78 is 13.1. The molecule has 0 radical (unpaired) electrons. The molecule has 0 atom stereocenters. The normalized spacial score (nSPS) is 13.8. The van der Waals surface area contributed by atoms with Gasteiger partial charge in [-0.25, -0.2) is 14.3 Å². The number of urea groups is 1.